The molecule has 0 aromatic rings. The third-order valence-electron chi connectivity index (χ3n) is 2.27. The number of rotatable bonds is 2. The third-order valence-corrected chi connectivity index (χ3v) is 2.27. The molecule has 0 aromatic carbocycles. The summed E-state index contributed by atoms with van der Waals surface area (Å²) in [5.74, 6) is 2.75. The van der Waals surface area contributed by atoms with Crippen molar-refractivity contribution in [3.05, 3.63) is 0 Å². The number of hydrogen-bond acceptors (Lipinski definition) is 1. The van der Waals surface area contributed by atoms with Gasteiger partial charge in [-0.3, -0.25) is 4.79 Å². The van der Waals surface area contributed by atoms with E-state index in [-0.39, 0.29) is 11.3 Å². The molecule has 12 heavy (non-hydrogen) atoms. The summed E-state index contributed by atoms with van der Waals surface area (Å²) in [5, 5.41) is 0. The smallest absolute Gasteiger partial charge is 0.229 e. The van der Waals surface area contributed by atoms with Gasteiger partial charge >= 0.3 is 0 Å². The van der Waals surface area contributed by atoms with Crippen molar-refractivity contribution < 1.29 is 4.79 Å². The molecule has 0 saturated carbocycles. The van der Waals surface area contributed by atoms with Crippen LogP contribution in [0.1, 0.15) is 26.7 Å². The zero-order valence-electron chi connectivity index (χ0n) is 7.76. The van der Waals surface area contributed by atoms with Gasteiger partial charge in [-0.2, -0.15) is 0 Å². The summed E-state index contributed by atoms with van der Waals surface area (Å²) < 4.78 is 0. The van der Waals surface area contributed by atoms with Crippen LogP contribution in [0.15, 0.2) is 0 Å². The Morgan fingerprint density at radius 2 is 2.17 bits per heavy atom. The summed E-state index contributed by atoms with van der Waals surface area (Å²) in [4.78, 5) is 13.5. The highest BCUT2D eigenvalue weighted by Crippen LogP contribution is 2.25. The monoisotopic (exact) mass is 165 g/mol. The summed E-state index contributed by atoms with van der Waals surface area (Å²) in [6, 6.07) is 0. The Bertz CT molecular complexity index is 220. The van der Waals surface area contributed by atoms with Crippen LogP contribution in [0.25, 0.3) is 0 Å². The molecule has 0 atom stereocenters. The maximum absolute atomic E-state index is 11.7. The molecule has 1 fully saturated rings. The summed E-state index contributed by atoms with van der Waals surface area (Å²) >= 11 is 0. The molecule has 2 nitrogen and oxygen atoms in total. The zero-order chi connectivity index (χ0) is 9.19. The number of amides is 1. The molecular formula is C10H15NO. The molecule has 0 aromatic heterocycles. The first kappa shape index (κ1) is 9.12. The van der Waals surface area contributed by atoms with Gasteiger partial charge in [-0.05, 0) is 6.42 Å². The number of carbonyl (C=O) groups is 1. The number of carbonyl (C=O) groups excluding carboxylic acids is 1. The Morgan fingerprint density at radius 3 is 2.50 bits per heavy atom. The predicted molar refractivity (Wildman–Crippen MR) is 48.4 cm³/mol. The first-order valence-corrected chi connectivity index (χ1v) is 4.31. The topological polar surface area (TPSA) is 20.3 Å². The lowest BCUT2D eigenvalue weighted by Gasteiger charge is -2.36. The molecule has 0 N–H and O–H groups in total. The molecule has 1 aliphatic heterocycles. The van der Waals surface area contributed by atoms with Crippen LogP contribution in [-0.4, -0.2) is 23.9 Å². The van der Waals surface area contributed by atoms with Crippen LogP contribution < -0.4 is 0 Å². The van der Waals surface area contributed by atoms with Crippen molar-refractivity contribution in [1.82, 2.24) is 4.90 Å². The van der Waals surface area contributed by atoms with Crippen molar-refractivity contribution in [3.63, 3.8) is 0 Å². The highest BCUT2D eigenvalue weighted by molar-refractivity contribution is 5.82. The molecule has 66 valence electrons. The van der Waals surface area contributed by atoms with E-state index in [1.165, 1.54) is 0 Å². The lowest BCUT2D eigenvalue weighted by atomic mass is 9.87. The quantitative estimate of drug-likeness (QED) is 0.564. The number of terminal acetylenes is 1. The van der Waals surface area contributed by atoms with Crippen molar-refractivity contribution in [1.29, 1.82) is 0 Å². The normalized spacial score (nSPS) is 16.6. The van der Waals surface area contributed by atoms with Crippen molar-refractivity contribution in [2.24, 2.45) is 5.41 Å². The van der Waals surface area contributed by atoms with Crippen molar-refractivity contribution in [2.45, 2.75) is 26.7 Å². The van der Waals surface area contributed by atoms with E-state index in [0.717, 1.165) is 19.5 Å². The number of likely N-dealkylation sites (tertiary alicyclic amines) is 1. The Morgan fingerprint density at radius 1 is 1.58 bits per heavy atom. The highest BCUT2D eigenvalue weighted by atomic mass is 16.2. The average Bonchev–Trinajstić information content (AvgIpc) is 1.83. The molecule has 0 bridgehead atoms. The minimum Gasteiger partial charge on any atom is -0.342 e. The summed E-state index contributed by atoms with van der Waals surface area (Å²) in [6.07, 6.45) is 6.86. The molecule has 0 aliphatic carbocycles. The Balaban J connectivity index is 2.55. The van der Waals surface area contributed by atoms with E-state index in [4.69, 9.17) is 6.42 Å². The van der Waals surface area contributed by atoms with Gasteiger partial charge in [0, 0.05) is 19.5 Å². The SMILES string of the molecule is C#CCC(C)(C)C(=O)N1CCC1. The standard InChI is InChI=1S/C10H15NO/c1-4-6-10(2,3)9(12)11-7-5-8-11/h1H,5-8H2,2-3H3. The average molecular weight is 165 g/mol. The maximum Gasteiger partial charge on any atom is 0.229 e. The van der Waals surface area contributed by atoms with Gasteiger partial charge in [-0.15, -0.1) is 12.3 Å². The van der Waals surface area contributed by atoms with Gasteiger partial charge in [0.1, 0.15) is 0 Å². The molecule has 0 radical (unpaired) electrons. The molecule has 1 rings (SSSR count). The van der Waals surface area contributed by atoms with E-state index >= 15 is 0 Å². The minimum atomic E-state index is -0.366. The van der Waals surface area contributed by atoms with Gasteiger partial charge in [0.2, 0.25) is 5.91 Å². The van der Waals surface area contributed by atoms with Gasteiger partial charge in [0.05, 0.1) is 5.41 Å². The van der Waals surface area contributed by atoms with Gasteiger partial charge in [0.15, 0.2) is 0 Å². The van der Waals surface area contributed by atoms with Crippen LogP contribution in [0.2, 0.25) is 0 Å². The summed E-state index contributed by atoms with van der Waals surface area (Å²) in [7, 11) is 0. The van der Waals surface area contributed by atoms with E-state index < -0.39 is 0 Å². The van der Waals surface area contributed by atoms with E-state index in [0.29, 0.717) is 6.42 Å². The number of hydrogen-bond donors (Lipinski definition) is 0. The van der Waals surface area contributed by atoms with Gasteiger partial charge in [-0.1, -0.05) is 13.8 Å². The molecule has 0 unspecified atom stereocenters. The van der Waals surface area contributed by atoms with E-state index in [1.54, 1.807) is 0 Å². The second-order valence-corrected chi connectivity index (χ2v) is 3.91. The van der Waals surface area contributed by atoms with Gasteiger partial charge < -0.3 is 4.90 Å². The second-order valence-electron chi connectivity index (χ2n) is 3.91. The Hall–Kier alpha value is -0.970. The molecule has 1 heterocycles. The van der Waals surface area contributed by atoms with Crippen LogP contribution in [-0.2, 0) is 4.79 Å². The first-order valence-electron chi connectivity index (χ1n) is 4.31. The van der Waals surface area contributed by atoms with Gasteiger partial charge in [-0.25, -0.2) is 0 Å². The second kappa shape index (κ2) is 3.18. The van der Waals surface area contributed by atoms with Crippen molar-refractivity contribution in [2.75, 3.05) is 13.1 Å². The third kappa shape index (κ3) is 1.61. The molecular weight excluding hydrogens is 150 g/mol. The van der Waals surface area contributed by atoms with Crippen molar-refractivity contribution >= 4 is 5.91 Å². The fourth-order valence-corrected chi connectivity index (χ4v) is 1.28. The predicted octanol–water partition coefficient (Wildman–Crippen LogP) is 1.27. The van der Waals surface area contributed by atoms with Crippen LogP contribution in [0, 0.1) is 17.8 Å². The van der Waals surface area contributed by atoms with E-state index in [2.05, 4.69) is 5.92 Å². The molecule has 2 heteroatoms. The number of nitrogens with zero attached hydrogens (tertiary/aromatic N) is 1. The van der Waals surface area contributed by atoms with E-state index in [9.17, 15) is 4.79 Å². The van der Waals surface area contributed by atoms with E-state index in [1.807, 2.05) is 18.7 Å². The van der Waals surface area contributed by atoms with Crippen LogP contribution in [0.3, 0.4) is 0 Å². The molecule has 1 aliphatic rings. The molecule has 0 spiro atoms. The lowest BCUT2D eigenvalue weighted by molar-refractivity contribution is -0.143. The van der Waals surface area contributed by atoms with Crippen molar-refractivity contribution in [3.8, 4) is 12.3 Å². The van der Waals surface area contributed by atoms with Crippen LogP contribution in [0.4, 0.5) is 0 Å². The Labute approximate surface area is 73.9 Å². The Kier molecular flexibility index (Phi) is 2.42. The lowest BCUT2D eigenvalue weighted by Crippen LogP contribution is -2.48. The molecule has 1 amide bonds. The summed E-state index contributed by atoms with van der Waals surface area (Å²) in [5.41, 5.74) is -0.366. The van der Waals surface area contributed by atoms with Gasteiger partial charge in [0.25, 0.3) is 0 Å². The molecule has 1 saturated heterocycles. The van der Waals surface area contributed by atoms with Crippen LogP contribution in [0.5, 0.6) is 0 Å². The minimum absolute atomic E-state index is 0.201. The summed E-state index contributed by atoms with van der Waals surface area (Å²) in [6.45, 7) is 5.64. The fraction of sp³-hybridized carbons (Fsp3) is 0.700. The maximum atomic E-state index is 11.7. The fourth-order valence-electron chi connectivity index (χ4n) is 1.28. The largest absolute Gasteiger partial charge is 0.342 e. The zero-order valence-corrected chi connectivity index (χ0v) is 7.76. The highest BCUT2D eigenvalue weighted by Gasteiger charge is 2.33. The van der Waals surface area contributed by atoms with Crippen LogP contribution >= 0.6 is 0 Å². The first-order chi connectivity index (χ1) is 5.58.